The lowest BCUT2D eigenvalue weighted by atomic mass is 10.1. The first-order chi connectivity index (χ1) is 9.22. The van der Waals surface area contributed by atoms with Crippen molar-refractivity contribution in [3.05, 3.63) is 64.4 Å². The lowest BCUT2D eigenvalue weighted by Gasteiger charge is -2.10. The highest BCUT2D eigenvalue weighted by molar-refractivity contribution is 6.31. The predicted molar refractivity (Wildman–Crippen MR) is 74.9 cm³/mol. The molecule has 0 spiro atoms. The Balaban J connectivity index is 2.11. The highest BCUT2D eigenvalue weighted by atomic mass is 35.5. The predicted octanol–water partition coefficient (Wildman–Crippen LogP) is 3.56. The fourth-order valence-corrected chi connectivity index (χ4v) is 2.02. The van der Waals surface area contributed by atoms with E-state index in [0.717, 1.165) is 5.56 Å². The minimum Gasteiger partial charge on any atom is -0.486 e. The second-order valence-electron chi connectivity index (χ2n) is 4.16. The summed E-state index contributed by atoms with van der Waals surface area (Å²) in [5, 5.41) is 0.0935. The van der Waals surface area contributed by atoms with Gasteiger partial charge in [0.15, 0.2) is 11.6 Å². The lowest BCUT2D eigenvalue weighted by Crippen LogP contribution is -2.05. The van der Waals surface area contributed by atoms with Crippen LogP contribution in [0.2, 0.25) is 5.02 Å². The zero-order chi connectivity index (χ0) is 13.7. The molecule has 2 nitrogen and oxygen atoms in total. The van der Waals surface area contributed by atoms with Gasteiger partial charge in [0.05, 0.1) is 5.02 Å². The molecule has 2 aromatic carbocycles. The Bertz CT molecular complexity index is 545. The van der Waals surface area contributed by atoms with E-state index in [0.29, 0.717) is 25.1 Å². The molecule has 4 heteroatoms. The standard InChI is InChI=1S/C15H15ClFNO/c16-14-12(8-9-18)6-7-13(15(14)17)19-10-11-4-2-1-3-5-11/h1-7H,8-10,18H2. The van der Waals surface area contributed by atoms with Crippen LogP contribution in [-0.4, -0.2) is 6.54 Å². The van der Waals surface area contributed by atoms with Crippen LogP contribution in [0.25, 0.3) is 0 Å². The van der Waals surface area contributed by atoms with Gasteiger partial charge in [0, 0.05) is 0 Å². The van der Waals surface area contributed by atoms with Crippen LogP contribution in [0.15, 0.2) is 42.5 Å². The topological polar surface area (TPSA) is 35.2 Å². The Morgan fingerprint density at radius 1 is 1.11 bits per heavy atom. The van der Waals surface area contributed by atoms with Gasteiger partial charge in [-0.05, 0) is 30.2 Å². The second-order valence-corrected chi connectivity index (χ2v) is 4.54. The fraction of sp³-hybridized carbons (Fsp3) is 0.200. The van der Waals surface area contributed by atoms with Crippen LogP contribution < -0.4 is 10.5 Å². The van der Waals surface area contributed by atoms with Gasteiger partial charge in [-0.3, -0.25) is 0 Å². The molecule has 0 atom stereocenters. The number of benzene rings is 2. The maximum Gasteiger partial charge on any atom is 0.183 e. The Morgan fingerprint density at radius 3 is 2.53 bits per heavy atom. The van der Waals surface area contributed by atoms with Crippen molar-refractivity contribution in [1.29, 1.82) is 0 Å². The van der Waals surface area contributed by atoms with Gasteiger partial charge in [-0.15, -0.1) is 0 Å². The molecular weight excluding hydrogens is 265 g/mol. The van der Waals surface area contributed by atoms with E-state index in [1.807, 2.05) is 30.3 Å². The Morgan fingerprint density at radius 2 is 1.84 bits per heavy atom. The molecule has 0 aliphatic rings. The summed E-state index contributed by atoms with van der Waals surface area (Å²) in [6.45, 7) is 0.744. The molecule has 0 bridgehead atoms. The zero-order valence-electron chi connectivity index (χ0n) is 10.4. The maximum atomic E-state index is 14.0. The average Bonchev–Trinajstić information content (AvgIpc) is 2.44. The summed E-state index contributed by atoms with van der Waals surface area (Å²) in [4.78, 5) is 0. The van der Waals surface area contributed by atoms with Crippen LogP contribution in [0.1, 0.15) is 11.1 Å². The van der Waals surface area contributed by atoms with Gasteiger partial charge in [-0.1, -0.05) is 48.0 Å². The molecule has 0 aliphatic carbocycles. The van der Waals surface area contributed by atoms with E-state index >= 15 is 0 Å². The van der Waals surface area contributed by atoms with Crippen molar-refractivity contribution < 1.29 is 9.13 Å². The highest BCUT2D eigenvalue weighted by Crippen LogP contribution is 2.29. The van der Waals surface area contributed by atoms with E-state index in [2.05, 4.69) is 0 Å². The first kappa shape index (κ1) is 13.8. The molecule has 19 heavy (non-hydrogen) atoms. The van der Waals surface area contributed by atoms with Crippen molar-refractivity contribution in [3.8, 4) is 5.75 Å². The maximum absolute atomic E-state index is 14.0. The van der Waals surface area contributed by atoms with E-state index in [4.69, 9.17) is 22.1 Å². The van der Waals surface area contributed by atoms with Crippen LogP contribution in [0.5, 0.6) is 5.75 Å². The van der Waals surface area contributed by atoms with Crippen LogP contribution in [0.4, 0.5) is 4.39 Å². The van der Waals surface area contributed by atoms with E-state index in [-0.39, 0.29) is 10.8 Å². The van der Waals surface area contributed by atoms with Crippen LogP contribution in [-0.2, 0) is 13.0 Å². The van der Waals surface area contributed by atoms with Crippen molar-refractivity contribution >= 4 is 11.6 Å². The molecule has 0 aromatic heterocycles. The zero-order valence-corrected chi connectivity index (χ0v) is 11.2. The molecule has 0 amide bonds. The van der Waals surface area contributed by atoms with E-state index in [9.17, 15) is 4.39 Å². The Kier molecular flexibility index (Phi) is 4.77. The Hall–Kier alpha value is -1.58. The van der Waals surface area contributed by atoms with Gasteiger partial charge in [0.2, 0.25) is 0 Å². The molecule has 0 unspecified atom stereocenters. The molecule has 0 aliphatic heterocycles. The van der Waals surface area contributed by atoms with Crippen LogP contribution in [0.3, 0.4) is 0 Å². The number of nitrogens with two attached hydrogens (primary N) is 1. The summed E-state index contributed by atoms with van der Waals surface area (Å²) in [5.74, 6) is -0.363. The van der Waals surface area contributed by atoms with Gasteiger partial charge in [-0.25, -0.2) is 4.39 Å². The largest absolute Gasteiger partial charge is 0.486 e. The molecule has 0 fully saturated rings. The van der Waals surface area contributed by atoms with Gasteiger partial charge < -0.3 is 10.5 Å². The average molecular weight is 280 g/mol. The van der Waals surface area contributed by atoms with E-state index in [1.165, 1.54) is 0 Å². The summed E-state index contributed by atoms with van der Waals surface area (Å²) in [6, 6.07) is 12.9. The van der Waals surface area contributed by atoms with Gasteiger partial charge in [-0.2, -0.15) is 0 Å². The highest BCUT2D eigenvalue weighted by Gasteiger charge is 2.12. The number of hydrogen-bond donors (Lipinski definition) is 1. The number of ether oxygens (including phenoxy) is 1. The van der Waals surface area contributed by atoms with Crippen molar-refractivity contribution in [1.82, 2.24) is 0 Å². The molecule has 0 heterocycles. The quantitative estimate of drug-likeness (QED) is 0.908. The minimum atomic E-state index is -0.524. The molecular formula is C15H15ClFNO. The number of halogens is 2. The summed E-state index contributed by atoms with van der Waals surface area (Å²) in [5.41, 5.74) is 7.12. The SMILES string of the molecule is NCCc1ccc(OCc2ccccc2)c(F)c1Cl. The van der Waals surface area contributed by atoms with Gasteiger partial charge in [0.1, 0.15) is 6.61 Å². The fourth-order valence-electron chi connectivity index (χ4n) is 1.77. The lowest BCUT2D eigenvalue weighted by molar-refractivity contribution is 0.290. The molecule has 0 saturated carbocycles. The third-order valence-corrected chi connectivity index (χ3v) is 3.19. The summed E-state index contributed by atoms with van der Waals surface area (Å²) in [6.07, 6.45) is 0.550. The number of rotatable bonds is 5. The number of hydrogen-bond acceptors (Lipinski definition) is 2. The first-order valence-electron chi connectivity index (χ1n) is 6.06. The monoisotopic (exact) mass is 279 g/mol. The summed E-state index contributed by atoms with van der Waals surface area (Å²) < 4.78 is 19.4. The molecule has 2 rings (SSSR count). The van der Waals surface area contributed by atoms with Gasteiger partial charge in [0.25, 0.3) is 0 Å². The van der Waals surface area contributed by atoms with Crippen molar-refractivity contribution in [2.24, 2.45) is 5.73 Å². The third-order valence-electron chi connectivity index (χ3n) is 2.78. The molecule has 2 aromatic rings. The molecule has 2 N–H and O–H groups in total. The third kappa shape index (κ3) is 3.46. The van der Waals surface area contributed by atoms with Crippen molar-refractivity contribution in [2.45, 2.75) is 13.0 Å². The minimum absolute atomic E-state index is 0.0935. The normalized spacial score (nSPS) is 10.5. The molecule has 100 valence electrons. The second kappa shape index (κ2) is 6.55. The molecule has 0 radical (unpaired) electrons. The summed E-state index contributed by atoms with van der Waals surface area (Å²) >= 11 is 5.95. The Labute approximate surface area is 117 Å². The van der Waals surface area contributed by atoms with Crippen molar-refractivity contribution in [3.63, 3.8) is 0 Å². The molecule has 0 saturated heterocycles. The van der Waals surface area contributed by atoms with Crippen LogP contribution in [0, 0.1) is 5.82 Å². The first-order valence-corrected chi connectivity index (χ1v) is 6.44. The van der Waals surface area contributed by atoms with E-state index in [1.54, 1.807) is 12.1 Å². The summed E-state index contributed by atoms with van der Waals surface area (Å²) in [7, 11) is 0. The van der Waals surface area contributed by atoms with Gasteiger partial charge >= 0.3 is 0 Å². The van der Waals surface area contributed by atoms with E-state index < -0.39 is 5.82 Å². The van der Waals surface area contributed by atoms with Crippen molar-refractivity contribution in [2.75, 3.05) is 6.54 Å². The smallest absolute Gasteiger partial charge is 0.183 e. The van der Waals surface area contributed by atoms with Crippen LogP contribution >= 0.6 is 11.6 Å².